The Hall–Kier alpha value is -3.38. The molecule has 1 aromatic carbocycles. The molecule has 6 heteroatoms. The van der Waals surface area contributed by atoms with Gasteiger partial charge in [-0.15, -0.1) is 0 Å². The van der Waals surface area contributed by atoms with Crippen LogP contribution < -0.4 is 5.32 Å². The summed E-state index contributed by atoms with van der Waals surface area (Å²) in [6.07, 6.45) is 1.46. The monoisotopic (exact) mass is 264 g/mol. The average molecular weight is 264 g/mol. The molecule has 0 aliphatic heterocycles. The third-order valence-electron chi connectivity index (χ3n) is 2.56. The van der Waals surface area contributed by atoms with Gasteiger partial charge in [0.15, 0.2) is 0 Å². The molecule has 0 bridgehead atoms. The third-order valence-corrected chi connectivity index (χ3v) is 2.56. The highest BCUT2D eigenvalue weighted by molar-refractivity contribution is 5.93. The van der Waals surface area contributed by atoms with Gasteiger partial charge in [0, 0.05) is 11.9 Å². The van der Waals surface area contributed by atoms with Crippen LogP contribution in [0.1, 0.15) is 21.5 Å². The molecule has 0 fully saturated rings. The van der Waals surface area contributed by atoms with Gasteiger partial charge in [0.2, 0.25) is 0 Å². The maximum Gasteiger partial charge on any atom is 0.339 e. The van der Waals surface area contributed by atoms with Crippen LogP contribution in [0, 0.1) is 22.7 Å². The molecular weight excluding hydrogens is 256 g/mol. The van der Waals surface area contributed by atoms with Crippen molar-refractivity contribution in [2.24, 2.45) is 0 Å². The van der Waals surface area contributed by atoms with Gasteiger partial charge in [-0.1, -0.05) is 0 Å². The van der Waals surface area contributed by atoms with E-state index in [0.29, 0.717) is 5.69 Å². The van der Waals surface area contributed by atoms with Crippen molar-refractivity contribution in [1.29, 1.82) is 10.5 Å². The Balaban J connectivity index is 2.39. The first-order chi connectivity index (χ1) is 9.65. The normalized spacial score (nSPS) is 9.30. The Labute approximate surface area is 114 Å². The lowest BCUT2D eigenvalue weighted by Crippen LogP contribution is -2.04. The minimum absolute atomic E-state index is 0.0235. The molecule has 0 amide bonds. The van der Waals surface area contributed by atoms with E-state index in [1.54, 1.807) is 6.07 Å². The minimum Gasteiger partial charge on any atom is -0.478 e. The molecule has 0 saturated carbocycles. The molecule has 2 N–H and O–H groups in total. The molecule has 0 unspecified atom stereocenters. The number of carboxylic acid groups (broad SMARTS) is 1. The fraction of sp³-hybridized carbons (Fsp3) is 0. The fourth-order valence-corrected chi connectivity index (χ4v) is 1.63. The van der Waals surface area contributed by atoms with Crippen LogP contribution in [0.5, 0.6) is 0 Å². The minimum atomic E-state index is -1.10. The van der Waals surface area contributed by atoms with Gasteiger partial charge < -0.3 is 10.4 Å². The standard InChI is InChI=1S/C14H8N4O2/c15-7-9-3-4-11(6-10(9)8-16)18-13-12(14(19)20)2-1-5-17-13/h1-6H,(H,17,18)(H,19,20). The molecular formula is C14H8N4O2. The first-order valence-corrected chi connectivity index (χ1v) is 5.55. The highest BCUT2D eigenvalue weighted by Gasteiger charge is 2.11. The number of anilines is 2. The summed E-state index contributed by atoms with van der Waals surface area (Å²) in [7, 11) is 0. The van der Waals surface area contributed by atoms with E-state index in [-0.39, 0.29) is 22.5 Å². The lowest BCUT2D eigenvalue weighted by atomic mass is 10.1. The second-order valence-electron chi connectivity index (χ2n) is 3.81. The number of pyridine rings is 1. The van der Waals surface area contributed by atoms with Crippen molar-refractivity contribution in [3.8, 4) is 12.1 Å². The summed E-state index contributed by atoms with van der Waals surface area (Å²) in [4.78, 5) is 15.0. The third kappa shape index (κ3) is 2.55. The van der Waals surface area contributed by atoms with Crippen LogP contribution >= 0.6 is 0 Å². The Bertz CT molecular complexity index is 756. The van der Waals surface area contributed by atoms with Gasteiger partial charge >= 0.3 is 5.97 Å². The predicted octanol–water partition coefficient (Wildman–Crippen LogP) is 2.27. The molecule has 2 rings (SSSR count). The number of hydrogen-bond donors (Lipinski definition) is 2. The smallest absolute Gasteiger partial charge is 0.339 e. The maximum absolute atomic E-state index is 11.1. The van der Waals surface area contributed by atoms with Crippen molar-refractivity contribution in [3.05, 3.63) is 53.2 Å². The Morgan fingerprint density at radius 2 is 1.95 bits per heavy atom. The molecule has 20 heavy (non-hydrogen) atoms. The van der Waals surface area contributed by atoms with Gasteiger partial charge in [-0.3, -0.25) is 0 Å². The fourth-order valence-electron chi connectivity index (χ4n) is 1.63. The summed E-state index contributed by atoms with van der Waals surface area (Å²) in [5.74, 6) is -0.927. The van der Waals surface area contributed by atoms with Crippen LogP contribution in [0.25, 0.3) is 0 Å². The average Bonchev–Trinajstić information content (AvgIpc) is 2.47. The molecule has 1 aromatic heterocycles. The molecule has 0 aliphatic rings. The Kier molecular flexibility index (Phi) is 3.60. The largest absolute Gasteiger partial charge is 0.478 e. The highest BCUT2D eigenvalue weighted by atomic mass is 16.4. The van der Waals surface area contributed by atoms with Crippen LogP contribution in [0.3, 0.4) is 0 Å². The van der Waals surface area contributed by atoms with Gasteiger partial charge in [0.25, 0.3) is 0 Å². The summed E-state index contributed by atoms with van der Waals surface area (Å²) in [5.41, 5.74) is 0.986. The van der Waals surface area contributed by atoms with Gasteiger partial charge in [0.05, 0.1) is 11.1 Å². The van der Waals surface area contributed by atoms with E-state index in [4.69, 9.17) is 15.6 Å². The summed E-state index contributed by atoms with van der Waals surface area (Å²) >= 11 is 0. The number of aromatic carboxylic acids is 1. The van der Waals surface area contributed by atoms with E-state index in [0.717, 1.165) is 0 Å². The zero-order valence-corrected chi connectivity index (χ0v) is 10.2. The van der Waals surface area contributed by atoms with Crippen LogP contribution in [-0.2, 0) is 0 Å². The van der Waals surface area contributed by atoms with Crippen molar-refractivity contribution < 1.29 is 9.90 Å². The van der Waals surface area contributed by atoms with E-state index in [1.807, 2.05) is 12.1 Å². The lowest BCUT2D eigenvalue weighted by Gasteiger charge is -2.08. The van der Waals surface area contributed by atoms with E-state index in [9.17, 15) is 4.79 Å². The predicted molar refractivity (Wildman–Crippen MR) is 70.4 cm³/mol. The van der Waals surface area contributed by atoms with Gasteiger partial charge in [-0.25, -0.2) is 9.78 Å². The molecule has 2 aromatic rings. The molecule has 6 nitrogen and oxygen atoms in total. The van der Waals surface area contributed by atoms with Gasteiger partial charge in [-0.05, 0) is 30.3 Å². The van der Waals surface area contributed by atoms with E-state index < -0.39 is 5.97 Å². The molecule has 0 radical (unpaired) electrons. The number of rotatable bonds is 3. The molecule has 0 atom stereocenters. The lowest BCUT2D eigenvalue weighted by molar-refractivity contribution is 0.0697. The zero-order valence-electron chi connectivity index (χ0n) is 10.2. The zero-order chi connectivity index (χ0) is 14.5. The molecule has 0 aliphatic carbocycles. The number of aromatic nitrogens is 1. The number of carbonyl (C=O) groups is 1. The first-order valence-electron chi connectivity index (χ1n) is 5.55. The molecule has 0 spiro atoms. The van der Waals surface area contributed by atoms with Gasteiger partial charge in [-0.2, -0.15) is 10.5 Å². The number of nitriles is 2. The SMILES string of the molecule is N#Cc1ccc(Nc2ncccc2C(=O)O)cc1C#N. The quantitative estimate of drug-likeness (QED) is 0.879. The highest BCUT2D eigenvalue weighted by Crippen LogP contribution is 2.21. The molecule has 1 heterocycles. The van der Waals surface area contributed by atoms with Crippen LogP contribution in [0.15, 0.2) is 36.5 Å². The van der Waals surface area contributed by atoms with Gasteiger partial charge in [0.1, 0.15) is 23.5 Å². The van der Waals surface area contributed by atoms with Crippen molar-refractivity contribution in [2.75, 3.05) is 5.32 Å². The number of hydrogen-bond acceptors (Lipinski definition) is 5. The Morgan fingerprint density at radius 1 is 1.20 bits per heavy atom. The summed E-state index contributed by atoms with van der Waals surface area (Å²) in [6.45, 7) is 0. The summed E-state index contributed by atoms with van der Waals surface area (Å²) in [6, 6.07) is 11.3. The topological polar surface area (TPSA) is 110 Å². The van der Waals surface area contributed by atoms with Crippen molar-refractivity contribution in [1.82, 2.24) is 4.98 Å². The second-order valence-corrected chi connectivity index (χ2v) is 3.81. The van der Waals surface area contributed by atoms with Crippen LogP contribution in [0.4, 0.5) is 11.5 Å². The van der Waals surface area contributed by atoms with Crippen LogP contribution in [-0.4, -0.2) is 16.1 Å². The van der Waals surface area contributed by atoms with Crippen molar-refractivity contribution in [3.63, 3.8) is 0 Å². The number of nitrogens with zero attached hydrogens (tertiary/aromatic N) is 3. The number of carboxylic acids is 1. The van der Waals surface area contributed by atoms with Crippen molar-refractivity contribution in [2.45, 2.75) is 0 Å². The number of benzene rings is 1. The maximum atomic E-state index is 11.1. The molecule has 96 valence electrons. The molecule has 0 saturated heterocycles. The summed E-state index contributed by atoms with van der Waals surface area (Å²) < 4.78 is 0. The first kappa shape index (κ1) is 13.1. The van der Waals surface area contributed by atoms with Crippen LogP contribution in [0.2, 0.25) is 0 Å². The van der Waals surface area contributed by atoms with E-state index >= 15 is 0 Å². The van der Waals surface area contributed by atoms with E-state index in [2.05, 4.69) is 10.3 Å². The number of nitrogens with one attached hydrogen (secondary N) is 1. The Morgan fingerprint density at radius 3 is 2.60 bits per heavy atom. The van der Waals surface area contributed by atoms with Crippen molar-refractivity contribution >= 4 is 17.5 Å². The second kappa shape index (κ2) is 5.51. The summed E-state index contributed by atoms with van der Waals surface area (Å²) in [5, 5.41) is 29.7. The van der Waals surface area contributed by atoms with E-state index in [1.165, 1.54) is 30.5 Å².